The minimum absolute atomic E-state index is 0.0115. The summed E-state index contributed by atoms with van der Waals surface area (Å²) >= 11 is 8.37. The number of halogens is 1. The van der Waals surface area contributed by atoms with Crippen LogP contribution in [0.2, 0.25) is 5.02 Å². The number of hydrogen-bond donors (Lipinski definition) is 5. The van der Waals surface area contributed by atoms with Crippen LogP contribution >= 0.6 is 22.9 Å². The molecular formula is C42H57ClN6O6S. The average molecular weight is 809 g/mol. The molecule has 304 valence electrons. The molecule has 1 saturated carbocycles. The lowest BCUT2D eigenvalue weighted by Gasteiger charge is -2.36. The number of nitrogens with zero attached hydrogens (tertiary/aromatic N) is 2. The molecule has 1 aliphatic heterocycles. The van der Waals surface area contributed by atoms with E-state index >= 15 is 0 Å². The highest BCUT2D eigenvalue weighted by Gasteiger charge is 2.45. The van der Waals surface area contributed by atoms with Gasteiger partial charge in [-0.05, 0) is 86.0 Å². The summed E-state index contributed by atoms with van der Waals surface area (Å²) in [5, 5.41) is 17.3. The molecule has 0 radical (unpaired) electrons. The Hall–Kier alpha value is -4.04. The lowest BCUT2D eigenvalue weighted by Crippen LogP contribution is -2.58. The maximum absolute atomic E-state index is 14.2. The average Bonchev–Trinajstić information content (AvgIpc) is 3.77. The molecule has 1 saturated heterocycles. The molecule has 5 rings (SSSR count). The van der Waals surface area contributed by atoms with Crippen molar-refractivity contribution in [1.82, 2.24) is 20.5 Å². The van der Waals surface area contributed by atoms with Gasteiger partial charge < -0.3 is 36.8 Å². The van der Waals surface area contributed by atoms with Crippen LogP contribution in [0.15, 0.2) is 48.0 Å². The van der Waals surface area contributed by atoms with Gasteiger partial charge in [-0.25, -0.2) is 4.98 Å². The van der Waals surface area contributed by atoms with Gasteiger partial charge in [-0.2, -0.15) is 0 Å². The number of thiazole rings is 1. The number of primary amides is 1. The van der Waals surface area contributed by atoms with Gasteiger partial charge in [-0.3, -0.25) is 19.2 Å². The summed E-state index contributed by atoms with van der Waals surface area (Å²) in [5.74, 6) is -0.453. The molecule has 3 aromatic rings. The van der Waals surface area contributed by atoms with Gasteiger partial charge in [-0.15, -0.1) is 11.3 Å². The highest BCUT2D eigenvalue weighted by atomic mass is 35.5. The van der Waals surface area contributed by atoms with Crippen LogP contribution in [0.1, 0.15) is 108 Å². The first-order chi connectivity index (χ1) is 26.5. The fourth-order valence-corrected chi connectivity index (χ4v) is 8.88. The summed E-state index contributed by atoms with van der Waals surface area (Å²) in [6, 6.07) is 11.3. The molecule has 2 heterocycles. The van der Waals surface area contributed by atoms with Gasteiger partial charge in [0, 0.05) is 31.8 Å². The van der Waals surface area contributed by atoms with Crippen molar-refractivity contribution < 1.29 is 29.0 Å². The van der Waals surface area contributed by atoms with E-state index in [4.69, 9.17) is 27.8 Å². The third-order valence-corrected chi connectivity index (χ3v) is 12.4. The third-order valence-electron chi connectivity index (χ3n) is 11.0. The smallest absolute Gasteiger partial charge is 0.246 e. The first kappa shape index (κ1) is 43.1. The minimum Gasteiger partial charge on any atom is -0.490 e. The predicted octanol–water partition coefficient (Wildman–Crippen LogP) is 5.78. The van der Waals surface area contributed by atoms with Crippen LogP contribution in [0.3, 0.4) is 0 Å². The fraction of sp³-hybridized carbons (Fsp3) is 0.548. The number of ether oxygens (including phenoxy) is 1. The Morgan fingerprint density at radius 3 is 2.39 bits per heavy atom. The second-order valence-corrected chi connectivity index (χ2v) is 17.8. The largest absolute Gasteiger partial charge is 0.490 e. The summed E-state index contributed by atoms with van der Waals surface area (Å²) in [6.07, 6.45) is 3.48. The summed E-state index contributed by atoms with van der Waals surface area (Å²) in [7, 11) is 0. The number of aromatic nitrogens is 1. The molecule has 0 unspecified atom stereocenters. The second-order valence-electron chi connectivity index (χ2n) is 16.5. The maximum Gasteiger partial charge on any atom is 0.246 e. The normalized spacial score (nSPS) is 21.5. The summed E-state index contributed by atoms with van der Waals surface area (Å²) in [5.41, 5.74) is 16.4. The topological polar surface area (TPSA) is 190 Å². The fourth-order valence-electron chi connectivity index (χ4n) is 7.74. The highest BCUT2D eigenvalue weighted by molar-refractivity contribution is 7.13. The zero-order valence-corrected chi connectivity index (χ0v) is 34.6. The first-order valence-electron chi connectivity index (χ1n) is 19.6. The number of carbonyl (C=O) groups is 4. The number of β-amino-alcohol motifs (C(OH)–C–C–N with tert-alkyl or cyclic N) is 1. The number of benzene rings is 2. The number of nitrogens with two attached hydrogens (primary N) is 2. The van der Waals surface area contributed by atoms with Crippen molar-refractivity contribution in [3.8, 4) is 16.2 Å². The van der Waals surface area contributed by atoms with Gasteiger partial charge in [0.05, 0.1) is 33.3 Å². The maximum atomic E-state index is 14.2. The predicted molar refractivity (Wildman–Crippen MR) is 219 cm³/mol. The second kappa shape index (κ2) is 18.9. The highest BCUT2D eigenvalue weighted by Crippen LogP contribution is 2.42. The molecule has 7 N–H and O–H groups in total. The molecule has 12 nitrogen and oxygen atoms in total. The molecule has 5 atom stereocenters. The van der Waals surface area contributed by atoms with Crippen LogP contribution in [-0.2, 0) is 19.2 Å². The van der Waals surface area contributed by atoms with Gasteiger partial charge in [0.2, 0.25) is 23.6 Å². The van der Waals surface area contributed by atoms with E-state index in [-0.39, 0.29) is 74.1 Å². The number of carbonyl (C=O) groups excluding carboxylic acids is 4. The molecule has 1 aliphatic carbocycles. The first-order valence-corrected chi connectivity index (χ1v) is 20.8. The minimum atomic E-state index is -0.891. The van der Waals surface area contributed by atoms with Crippen molar-refractivity contribution in [3.63, 3.8) is 0 Å². The zero-order valence-electron chi connectivity index (χ0n) is 33.1. The molecule has 2 aliphatic rings. The Labute approximate surface area is 339 Å². The molecule has 2 aromatic carbocycles. The van der Waals surface area contributed by atoms with Crippen molar-refractivity contribution in [2.45, 2.75) is 122 Å². The Bertz CT molecular complexity index is 1840. The number of likely N-dealkylation sites (tertiary alicyclic amines) is 1. The number of rotatable bonds is 15. The van der Waals surface area contributed by atoms with Crippen LogP contribution in [0.5, 0.6) is 5.75 Å². The van der Waals surface area contributed by atoms with E-state index in [1.165, 1.54) is 4.90 Å². The van der Waals surface area contributed by atoms with Gasteiger partial charge in [-0.1, -0.05) is 68.8 Å². The Morgan fingerprint density at radius 2 is 1.77 bits per heavy atom. The van der Waals surface area contributed by atoms with Crippen LogP contribution in [0.25, 0.3) is 10.4 Å². The van der Waals surface area contributed by atoms with Crippen molar-refractivity contribution in [1.29, 1.82) is 0 Å². The standard InChI is InChI=1S/C42H57ClN6O6S/c1-24(27-13-15-29(16-14-27)38-25(2)46-23-56-38)47-40(53)33-20-31(50)21-49(33)41(54)39(42(3,4)5)48-36(52)19-26-9-11-28(12-10-26)32-7-6-8-34(37(32)43)55-22-30(44)17-18-35(45)51/h6-8,13-16,23-24,26,28,30-31,33,39,50H,9-12,17-22,44H2,1-5H3,(H2,45,51)(H,47,53)(H,48,52)/t24-,26?,28?,30-,31+,33-,39+/m0/s1. The van der Waals surface area contributed by atoms with Crippen molar-refractivity contribution in [3.05, 3.63) is 69.8 Å². The molecule has 0 bridgehead atoms. The summed E-state index contributed by atoms with van der Waals surface area (Å²) < 4.78 is 5.90. The Morgan fingerprint density at radius 1 is 1.07 bits per heavy atom. The van der Waals surface area contributed by atoms with E-state index in [1.54, 1.807) is 17.4 Å². The number of hydrogen-bond acceptors (Lipinski definition) is 9. The van der Waals surface area contributed by atoms with Crippen molar-refractivity contribution >= 4 is 46.6 Å². The van der Waals surface area contributed by atoms with E-state index < -0.39 is 29.5 Å². The van der Waals surface area contributed by atoms with Crippen molar-refractivity contribution in [2.24, 2.45) is 22.8 Å². The zero-order chi connectivity index (χ0) is 40.7. The molecule has 4 amide bonds. The molecule has 56 heavy (non-hydrogen) atoms. The van der Waals surface area contributed by atoms with E-state index in [0.29, 0.717) is 17.2 Å². The SMILES string of the molecule is Cc1ncsc1-c1ccc([C@H](C)NC(=O)[C@@H]2C[C@@H](O)CN2C(=O)[C@@H](NC(=O)CC2CCC(c3cccc(OC[C@@H](N)CCC(N)=O)c3Cl)CC2)C(C)(C)C)cc1. The number of aliphatic hydroxyl groups excluding tert-OH is 1. The molecular weight excluding hydrogens is 752 g/mol. The van der Waals surface area contributed by atoms with Crippen molar-refractivity contribution in [2.75, 3.05) is 13.2 Å². The third kappa shape index (κ3) is 11.1. The number of aryl methyl sites for hydroxylation is 1. The van der Waals surface area contributed by atoms with Gasteiger partial charge in [0.1, 0.15) is 24.4 Å². The van der Waals surface area contributed by atoms with E-state index in [1.807, 2.05) is 76.5 Å². The molecule has 14 heteroatoms. The van der Waals surface area contributed by atoms with E-state index in [0.717, 1.165) is 52.9 Å². The van der Waals surface area contributed by atoms with E-state index in [9.17, 15) is 24.3 Å². The van der Waals surface area contributed by atoms with Gasteiger partial charge >= 0.3 is 0 Å². The quantitative estimate of drug-likeness (QED) is 0.128. The molecule has 1 aromatic heterocycles. The van der Waals surface area contributed by atoms with Crippen LogP contribution in [-0.4, -0.2) is 76.0 Å². The lowest BCUT2D eigenvalue weighted by atomic mass is 9.77. The molecule has 2 fully saturated rings. The van der Waals surface area contributed by atoms with Crippen LogP contribution in [0, 0.1) is 18.3 Å². The van der Waals surface area contributed by atoms with Crippen LogP contribution < -0.4 is 26.8 Å². The lowest BCUT2D eigenvalue weighted by molar-refractivity contribution is -0.144. The van der Waals surface area contributed by atoms with Gasteiger partial charge in [0.25, 0.3) is 0 Å². The summed E-state index contributed by atoms with van der Waals surface area (Å²) in [4.78, 5) is 59.4. The number of amides is 4. The number of nitrogens with one attached hydrogen (secondary N) is 2. The van der Waals surface area contributed by atoms with Gasteiger partial charge in [0.15, 0.2) is 0 Å². The Kier molecular flexibility index (Phi) is 14.6. The molecule has 0 spiro atoms. The number of aliphatic hydroxyl groups is 1. The van der Waals surface area contributed by atoms with Crippen LogP contribution in [0.4, 0.5) is 0 Å². The Balaban J connectivity index is 1.15. The summed E-state index contributed by atoms with van der Waals surface area (Å²) in [6.45, 7) is 9.75. The van der Waals surface area contributed by atoms with E-state index in [2.05, 4.69) is 15.6 Å². The monoisotopic (exact) mass is 808 g/mol.